The van der Waals surface area contributed by atoms with Gasteiger partial charge in [-0.1, -0.05) is 15.9 Å². The first-order valence-electron chi connectivity index (χ1n) is 6.57. The molecule has 0 unspecified atom stereocenters. The van der Waals surface area contributed by atoms with Crippen LogP contribution in [-0.4, -0.2) is 19.2 Å². The summed E-state index contributed by atoms with van der Waals surface area (Å²) in [6, 6.07) is 5.67. The molecule has 2 rings (SSSR count). The Morgan fingerprint density at radius 2 is 2.11 bits per heavy atom. The maximum atomic E-state index is 13.4. The Hall–Kier alpha value is -0.610. The molecular formula is C14H19BrFNO. The van der Waals surface area contributed by atoms with Crippen LogP contribution in [0.25, 0.3) is 0 Å². The molecule has 100 valence electrons. The highest BCUT2D eigenvalue weighted by Gasteiger charge is 2.19. The van der Waals surface area contributed by atoms with Crippen LogP contribution in [0.5, 0.6) is 5.75 Å². The number of rotatable bonds is 8. The zero-order valence-corrected chi connectivity index (χ0v) is 12.0. The molecule has 1 aliphatic rings. The van der Waals surface area contributed by atoms with Gasteiger partial charge in [0.1, 0.15) is 0 Å². The summed E-state index contributed by atoms with van der Waals surface area (Å²) in [7, 11) is 0. The Kier molecular flexibility index (Phi) is 5.45. The third kappa shape index (κ3) is 4.94. The standard InChI is InChI=1S/C14H19BrFNO/c15-11-4-7-14(13(16)10-11)18-9-3-1-2-8-17-12-5-6-12/h4,7,10,12,17H,1-3,5-6,8-9H2. The number of unbranched alkanes of at least 4 members (excludes halogenated alkanes) is 2. The zero-order valence-electron chi connectivity index (χ0n) is 10.4. The molecule has 1 N–H and O–H groups in total. The van der Waals surface area contributed by atoms with Crippen molar-refractivity contribution in [3.63, 3.8) is 0 Å². The molecule has 0 aliphatic heterocycles. The molecule has 0 spiro atoms. The quantitative estimate of drug-likeness (QED) is 0.735. The second kappa shape index (κ2) is 7.10. The molecule has 4 heteroatoms. The van der Waals surface area contributed by atoms with E-state index in [1.165, 1.54) is 25.3 Å². The lowest BCUT2D eigenvalue weighted by atomic mass is 10.2. The molecule has 1 fully saturated rings. The molecule has 0 saturated heterocycles. The van der Waals surface area contributed by atoms with Gasteiger partial charge in [-0.3, -0.25) is 0 Å². The number of hydrogen-bond donors (Lipinski definition) is 1. The third-order valence-electron chi connectivity index (χ3n) is 2.98. The second-order valence-electron chi connectivity index (χ2n) is 4.71. The lowest BCUT2D eigenvalue weighted by molar-refractivity contribution is 0.290. The van der Waals surface area contributed by atoms with Crippen molar-refractivity contribution in [2.45, 2.75) is 38.1 Å². The second-order valence-corrected chi connectivity index (χ2v) is 5.63. The van der Waals surface area contributed by atoms with Crippen molar-refractivity contribution in [3.05, 3.63) is 28.5 Å². The normalized spacial score (nSPS) is 14.8. The van der Waals surface area contributed by atoms with Crippen molar-refractivity contribution >= 4 is 15.9 Å². The van der Waals surface area contributed by atoms with E-state index in [1.807, 2.05) is 0 Å². The monoisotopic (exact) mass is 315 g/mol. The average Bonchev–Trinajstić information content (AvgIpc) is 3.14. The van der Waals surface area contributed by atoms with Gasteiger partial charge in [-0.2, -0.15) is 0 Å². The van der Waals surface area contributed by atoms with Gasteiger partial charge in [0.25, 0.3) is 0 Å². The van der Waals surface area contributed by atoms with E-state index in [0.29, 0.717) is 12.4 Å². The van der Waals surface area contributed by atoms with Crippen molar-refractivity contribution in [1.82, 2.24) is 5.32 Å². The van der Waals surface area contributed by atoms with Crippen molar-refractivity contribution in [3.8, 4) is 5.75 Å². The van der Waals surface area contributed by atoms with E-state index in [0.717, 1.165) is 29.9 Å². The van der Waals surface area contributed by atoms with Gasteiger partial charge in [0.2, 0.25) is 0 Å². The molecule has 2 nitrogen and oxygen atoms in total. The van der Waals surface area contributed by atoms with Crippen LogP contribution in [-0.2, 0) is 0 Å². The van der Waals surface area contributed by atoms with E-state index >= 15 is 0 Å². The maximum absolute atomic E-state index is 13.4. The van der Waals surface area contributed by atoms with Crippen LogP contribution in [0.4, 0.5) is 4.39 Å². The van der Waals surface area contributed by atoms with Crippen molar-refractivity contribution < 1.29 is 9.13 Å². The fourth-order valence-corrected chi connectivity index (χ4v) is 2.11. The first-order chi connectivity index (χ1) is 8.75. The van der Waals surface area contributed by atoms with Crippen molar-refractivity contribution in [2.75, 3.05) is 13.2 Å². The number of hydrogen-bond acceptors (Lipinski definition) is 2. The lowest BCUT2D eigenvalue weighted by Gasteiger charge is -2.07. The Morgan fingerprint density at radius 1 is 1.28 bits per heavy atom. The molecule has 18 heavy (non-hydrogen) atoms. The first-order valence-corrected chi connectivity index (χ1v) is 7.36. The third-order valence-corrected chi connectivity index (χ3v) is 3.48. The van der Waals surface area contributed by atoms with Crippen LogP contribution >= 0.6 is 15.9 Å². The summed E-state index contributed by atoms with van der Waals surface area (Å²) < 4.78 is 19.6. The molecule has 0 heterocycles. The Balaban J connectivity index is 1.53. The Bertz CT molecular complexity index is 382. The topological polar surface area (TPSA) is 21.3 Å². The van der Waals surface area contributed by atoms with E-state index in [9.17, 15) is 4.39 Å². The predicted molar refractivity (Wildman–Crippen MR) is 74.5 cm³/mol. The van der Waals surface area contributed by atoms with Gasteiger partial charge in [-0.15, -0.1) is 0 Å². The van der Waals surface area contributed by atoms with Gasteiger partial charge < -0.3 is 10.1 Å². The Labute approximate surface area is 116 Å². The molecule has 0 radical (unpaired) electrons. The minimum Gasteiger partial charge on any atom is -0.491 e. The van der Waals surface area contributed by atoms with Crippen LogP contribution in [0.1, 0.15) is 32.1 Å². The highest BCUT2D eigenvalue weighted by Crippen LogP contribution is 2.21. The fraction of sp³-hybridized carbons (Fsp3) is 0.571. The largest absolute Gasteiger partial charge is 0.491 e. The van der Waals surface area contributed by atoms with E-state index in [4.69, 9.17) is 4.74 Å². The van der Waals surface area contributed by atoms with Gasteiger partial charge in [0.15, 0.2) is 11.6 Å². The number of benzene rings is 1. The van der Waals surface area contributed by atoms with Crippen LogP contribution < -0.4 is 10.1 Å². The van der Waals surface area contributed by atoms with E-state index in [-0.39, 0.29) is 5.82 Å². The summed E-state index contributed by atoms with van der Waals surface area (Å²) >= 11 is 3.22. The van der Waals surface area contributed by atoms with E-state index in [1.54, 1.807) is 12.1 Å². The highest BCUT2D eigenvalue weighted by molar-refractivity contribution is 9.10. The molecule has 0 atom stereocenters. The molecule has 0 bridgehead atoms. The molecule has 0 aromatic heterocycles. The van der Waals surface area contributed by atoms with Gasteiger partial charge in [-0.05, 0) is 56.8 Å². The number of ether oxygens (including phenoxy) is 1. The van der Waals surface area contributed by atoms with Gasteiger partial charge in [0, 0.05) is 10.5 Å². The van der Waals surface area contributed by atoms with Crippen LogP contribution in [0.15, 0.2) is 22.7 Å². The number of halogens is 2. The van der Waals surface area contributed by atoms with Crippen LogP contribution in [0, 0.1) is 5.82 Å². The van der Waals surface area contributed by atoms with Gasteiger partial charge in [-0.25, -0.2) is 4.39 Å². The molecule has 1 aromatic carbocycles. The summed E-state index contributed by atoms with van der Waals surface area (Å²) in [5.74, 6) is 0.0362. The predicted octanol–water partition coefficient (Wildman–Crippen LogP) is 3.89. The molecule has 1 saturated carbocycles. The molecule has 1 aromatic rings. The number of nitrogens with one attached hydrogen (secondary N) is 1. The van der Waals surface area contributed by atoms with Gasteiger partial charge >= 0.3 is 0 Å². The highest BCUT2D eigenvalue weighted by atomic mass is 79.9. The van der Waals surface area contributed by atoms with Gasteiger partial charge in [0.05, 0.1) is 6.61 Å². The Morgan fingerprint density at radius 3 is 2.83 bits per heavy atom. The fourth-order valence-electron chi connectivity index (χ4n) is 1.77. The van der Waals surface area contributed by atoms with Crippen molar-refractivity contribution in [2.24, 2.45) is 0 Å². The molecular weight excluding hydrogens is 297 g/mol. The summed E-state index contributed by atoms with van der Waals surface area (Å²) in [5.41, 5.74) is 0. The summed E-state index contributed by atoms with van der Waals surface area (Å²) in [6.45, 7) is 1.68. The maximum Gasteiger partial charge on any atom is 0.166 e. The smallest absolute Gasteiger partial charge is 0.166 e. The summed E-state index contributed by atoms with van der Waals surface area (Å²) in [5, 5.41) is 3.47. The van der Waals surface area contributed by atoms with E-state index in [2.05, 4.69) is 21.2 Å². The SMILES string of the molecule is Fc1cc(Br)ccc1OCCCCCNC1CC1. The van der Waals surface area contributed by atoms with E-state index < -0.39 is 0 Å². The van der Waals surface area contributed by atoms with Crippen LogP contribution in [0.2, 0.25) is 0 Å². The van der Waals surface area contributed by atoms with Crippen molar-refractivity contribution in [1.29, 1.82) is 0 Å². The molecule has 0 amide bonds. The summed E-state index contributed by atoms with van der Waals surface area (Å²) in [4.78, 5) is 0. The zero-order chi connectivity index (χ0) is 12.8. The minimum absolute atomic E-state index is 0.306. The minimum atomic E-state index is -0.306. The first kappa shape index (κ1) is 13.8. The van der Waals surface area contributed by atoms with Crippen LogP contribution in [0.3, 0.4) is 0 Å². The lowest BCUT2D eigenvalue weighted by Crippen LogP contribution is -2.17. The molecule has 1 aliphatic carbocycles. The average molecular weight is 316 g/mol. The summed E-state index contributed by atoms with van der Waals surface area (Å²) in [6.07, 6.45) is 5.94.